The first kappa shape index (κ1) is 7.87. The van der Waals surface area contributed by atoms with Gasteiger partial charge in [0.25, 0.3) is 0 Å². The standard InChI is InChI=1S/C10H15NO/c1-8-10(4-6-12-8)9-3-2-5-11-7-9/h4,6,9,11H,2-3,5,7H2,1H3. The Bertz CT molecular complexity index is 248. The Morgan fingerprint density at radius 3 is 3.08 bits per heavy atom. The van der Waals surface area contributed by atoms with Gasteiger partial charge in [0, 0.05) is 6.54 Å². The first-order valence-electron chi connectivity index (χ1n) is 4.62. The van der Waals surface area contributed by atoms with Crippen molar-refractivity contribution in [3.8, 4) is 0 Å². The molecule has 2 nitrogen and oxygen atoms in total. The van der Waals surface area contributed by atoms with Crippen LogP contribution < -0.4 is 5.32 Å². The number of hydrogen-bond donors (Lipinski definition) is 1. The molecule has 2 heteroatoms. The number of rotatable bonds is 1. The van der Waals surface area contributed by atoms with Gasteiger partial charge in [-0.05, 0) is 43.9 Å². The predicted octanol–water partition coefficient (Wildman–Crippen LogP) is 2.06. The summed E-state index contributed by atoms with van der Waals surface area (Å²) in [6.45, 7) is 4.33. The van der Waals surface area contributed by atoms with Gasteiger partial charge in [-0.25, -0.2) is 0 Å². The molecule has 0 radical (unpaired) electrons. The molecule has 0 saturated carbocycles. The molecule has 1 N–H and O–H groups in total. The average Bonchev–Trinajstić information content (AvgIpc) is 2.53. The Morgan fingerprint density at radius 1 is 1.58 bits per heavy atom. The van der Waals surface area contributed by atoms with Crippen LogP contribution in [0.4, 0.5) is 0 Å². The summed E-state index contributed by atoms with van der Waals surface area (Å²) in [5.74, 6) is 1.76. The molecule has 1 saturated heterocycles. The van der Waals surface area contributed by atoms with E-state index in [4.69, 9.17) is 4.42 Å². The fourth-order valence-electron chi connectivity index (χ4n) is 1.94. The smallest absolute Gasteiger partial charge is 0.104 e. The lowest BCUT2D eigenvalue weighted by Crippen LogP contribution is -2.28. The van der Waals surface area contributed by atoms with Crippen molar-refractivity contribution in [3.05, 3.63) is 23.7 Å². The van der Waals surface area contributed by atoms with Crippen molar-refractivity contribution < 1.29 is 4.42 Å². The van der Waals surface area contributed by atoms with Crippen LogP contribution in [0.2, 0.25) is 0 Å². The first-order valence-corrected chi connectivity index (χ1v) is 4.62. The van der Waals surface area contributed by atoms with Crippen LogP contribution >= 0.6 is 0 Å². The summed E-state index contributed by atoms with van der Waals surface area (Å²) in [7, 11) is 0. The Hall–Kier alpha value is -0.760. The van der Waals surface area contributed by atoms with Crippen LogP contribution in [0.3, 0.4) is 0 Å². The maximum atomic E-state index is 5.29. The molecule has 0 aromatic carbocycles. The minimum absolute atomic E-state index is 0.678. The molecule has 1 fully saturated rings. The van der Waals surface area contributed by atoms with E-state index in [0.717, 1.165) is 12.3 Å². The van der Waals surface area contributed by atoms with E-state index < -0.39 is 0 Å². The molecular formula is C10H15NO. The minimum atomic E-state index is 0.678. The average molecular weight is 165 g/mol. The number of nitrogens with one attached hydrogen (secondary N) is 1. The second-order valence-electron chi connectivity index (χ2n) is 3.48. The molecule has 1 aliphatic rings. The fraction of sp³-hybridized carbons (Fsp3) is 0.600. The van der Waals surface area contributed by atoms with Crippen molar-refractivity contribution in [2.24, 2.45) is 0 Å². The molecule has 1 aliphatic heterocycles. The van der Waals surface area contributed by atoms with E-state index in [9.17, 15) is 0 Å². The van der Waals surface area contributed by atoms with Crippen LogP contribution in [0.25, 0.3) is 0 Å². The summed E-state index contributed by atoms with van der Waals surface area (Å²) >= 11 is 0. The van der Waals surface area contributed by atoms with Crippen LogP contribution in [-0.2, 0) is 0 Å². The van der Waals surface area contributed by atoms with E-state index in [1.165, 1.54) is 24.9 Å². The summed E-state index contributed by atoms with van der Waals surface area (Å²) in [6, 6.07) is 2.10. The largest absolute Gasteiger partial charge is 0.469 e. The van der Waals surface area contributed by atoms with E-state index in [2.05, 4.69) is 11.4 Å². The van der Waals surface area contributed by atoms with Gasteiger partial charge in [0.05, 0.1) is 6.26 Å². The van der Waals surface area contributed by atoms with Crippen molar-refractivity contribution in [2.75, 3.05) is 13.1 Å². The topological polar surface area (TPSA) is 25.2 Å². The third-order valence-electron chi connectivity index (χ3n) is 2.64. The van der Waals surface area contributed by atoms with Crippen LogP contribution in [0.15, 0.2) is 16.7 Å². The molecule has 1 aromatic rings. The normalized spacial score (nSPS) is 24.2. The lowest BCUT2D eigenvalue weighted by molar-refractivity contribution is 0.450. The molecule has 66 valence electrons. The quantitative estimate of drug-likeness (QED) is 0.689. The van der Waals surface area contributed by atoms with E-state index in [0.29, 0.717) is 5.92 Å². The number of piperidine rings is 1. The predicted molar refractivity (Wildman–Crippen MR) is 48.3 cm³/mol. The lowest BCUT2D eigenvalue weighted by Gasteiger charge is -2.22. The molecule has 2 heterocycles. The second kappa shape index (κ2) is 3.31. The molecule has 0 bridgehead atoms. The van der Waals surface area contributed by atoms with Crippen LogP contribution in [-0.4, -0.2) is 13.1 Å². The highest BCUT2D eigenvalue weighted by Crippen LogP contribution is 2.26. The Labute approximate surface area is 73.0 Å². The van der Waals surface area contributed by atoms with E-state index in [1.807, 2.05) is 6.92 Å². The van der Waals surface area contributed by atoms with Gasteiger partial charge >= 0.3 is 0 Å². The van der Waals surface area contributed by atoms with Crippen molar-refractivity contribution in [1.82, 2.24) is 5.32 Å². The first-order chi connectivity index (χ1) is 5.88. The van der Waals surface area contributed by atoms with Gasteiger partial charge in [0.15, 0.2) is 0 Å². The zero-order chi connectivity index (χ0) is 8.39. The van der Waals surface area contributed by atoms with Crippen molar-refractivity contribution in [1.29, 1.82) is 0 Å². The van der Waals surface area contributed by atoms with Crippen molar-refractivity contribution >= 4 is 0 Å². The van der Waals surface area contributed by atoms with Gasteiger partial charge in [-0.15, -0.1) is 0 Å². The van der Waals surface area contributed by atoms with Crippen molar-refractivity contribution in [3.63, 3.8) is 0 Å². The highest BCUT2D eigenvalue weighted by Gasteiger charge is 2.17. The maximum Gasteiger partial charge on any atom is 0.104 e. The van der Waals surface area contributed by atoms with Gasteiger partial charge in [0.2, 0.25) is 0 Å². The summed E-state index contributed by atoms with van der Waals surface area (Å²) in [5.41, 5.74) is 1.39. The third kappa shape index (κ3) is 1.39. The molecule has 2 rings (SSSR count). The Balaban J connectivity index is 2.13. The molecule has 1 aromatic heterocycles. The van der Waals surface area contributed by atoms with Gasteiger partial charge in [-0.2, -0.15) is 0 Å². The van der Waals surface area contributed by atoms with Crippen molar-refractivity contribution in [2.45, 2.75) is 25.7 Å². The monoisotopic (exact) mass is 165 g/mol. The number of hydrogen-bond acceptors (Lipinski definition) is 2. The number of furan rings is 1. The molecular weight excluding hydrogens is 150 g/mol. The van der Waals surface area contributed by atoms with Crippen LogP contribution in [0, 0.1) is 6.92 Å². The molecule has 0 amide bonds. The zero-order valence-corrected chi connectivity index (χ0v) is 7.47. The van der Waals surface area contributed by atoms with E-state index >= 15 is 0 Å². The van der Waals surface area contributed by atoms with Crippen LogP contribution in [0.1, 0.15) is 30.1 Å². The van der Waals surface area contributed by atoms with E-state index in [-0.39, 0.29) is 0 Å². The molecule has 1 atom stereocenters. The molecule has 1 unspecified atom stereocenters. The second-order valence-corrected chi connectivity index (χ2v) is 3.48. The maximum absolute atomic E-state index is 5.29. The Kier molecular flexibility index (Phi) is 2.17. The third-order valence-corrected chi connectivity index (χ3v) is 2.64. The van der Waals surface area contributed by atoms with Gasteiger partial charge in [-0.3, -0.25) is 0 Å². The summed E-state index contributed by atoms with van der Waals surface area (Å²) in [6.07, 6.45) is 4.38. The van der Waals surface area contributed by atoms with Gasteiger partial charge in [-0.1, -0.05) is 0 Å². The fourth-order valence-corrected chi connectivity index (χ4v) is 1.94. The summed E-state index contributed by atoms with van der Waals surface area (Å²) in [4.78, 5) is 0. The Morgan fingerprint density at radius 2 is 2.50 bits per heavy atom. The lowest BCUT2D eigenvalue weighted by atomic mass is 9.92. The van der Waals surface area contributed by atoms with Gasteiger partial charge in [0.1, 0.15) is 5.76 Å². The SMILES string of the molecule is Cc1occc1C1CCCNC1. The van der Waals surface area contributed by atoms with Gasteiger partial charge < -0.3 is 9.73 Å². The molecule has 0 aliphatic carbocycles. The molecule has 12 heavy (non-hydrogen) atoms. The molecule has 0 spiro atoms. The highest BCUT2D eigenvalue weighted by molar-refractivity contribution is 5.21. The summed E-state index contributed by atoms with van der Waals surface area (Å²) < 4.78 is 5.29. The minimum Gasteiger partial charge on any atom is -0.469 e. The number of aryl methyl sites for hydroxylation is 1. The van der Waals surface area contributed by atoms with E-state index in [1.54, 1.807) is 6.26 Å². The summed E-state index contributed by atoms with van der Waals surface area (Å²) in [5, 5.41) is 3.41. The zero-order valence-electron chi connectivity index (χ0n) is 7.47. The highest BCUT2D eigenvalue weighted by atomic mass is 16.3. The van der Waals surface area contributed by atoms with Crippen LogP contribution in [0.5, 0.6) is 0 Å².